The van der Waals surface area contributed by atoms with Gasteiger partial charge in [0.2, 0.25) is 6.79 Å². The maximum Gasteiger partial charge on any atom is 0.231 e. The second kappa shape index (κ2) is 11.6. The van der Waals surface area contributed by atoms with Crippen LogP contribution < -0.4 is 29.6 Å². The number of halogens is 1. The maximum atomic E-state index is 5.75. The average Bonchev–Trinajstić information content (AvgIpc) is 3.18. The standard InChI is InChI=1S/C21H27N3O4.HI/c1-15-4-6-18(25-3)16(12-15)8-9-23-21(22-2)24-10-11-26-17-5-7-19-20(13-17)28-14-27-19;/h4-7,12-13H,8-11,14H2,1-3H3,(H2,22,23,24);1H. The topological polar surface area (TPSA) is 73.3 Å². The van der Waals surface area contributed by atoms with Crippen LogP contribution in [0.1, 0.15) is 11.1 Å². The molecule has 0 unspecified atom stereocenters. The normalized spacial score (nSPS) is 12.2. The summed E-state index contributed by atoms with van der Waals surface area (Å²) in [6, 6.07) is 11.8. The SMILES string of the molecule is CN=C(NCCOc1ccc2c(c1)OCO2)NCCc1cc(C)ccc1OC.I. The summed E-state index contributed by atoms with van der Waals surface area (Å²) in [5, 5.41) is 6.56. The molecular weight excluding hydrogens is 485 g/mol. The van der Waals surface area contributed by atoms with E-state index in [0.717, 1.165) is 41.9 Å². The summed E-state index contributed by atoms with van der Waals surface area (Å²) in [7, 11) is 3.45. The minimum absolute atomic E-state index is 0. The van der Waals surface area contributed by atoms with Crippen molar-refractivity contribution in [3.63, 3.8) is 0 Å². The van der Waals surface area contributed by atoms with Gasteiger partial charge in [0.25, 0.3) is 0 Å². The second-order valence-corrected chi connectivity index (χ2v) is 6.35. The first-order valence-electron chi connectivity index (χ1n) is 9.30. The third-order valence-electron chi connectivity index (χ3n) is 4.35. The number of fused-ring (bicyclic) bond motifs is 1. The Morgan fingerprint density at radius 2 is 1.86 bits per heavy atom. The fraction of sp³-hybridized carbons (Fsp3) is 0.381. The Morgan fingerprint density at radius 1 is 1.07 bits per heavy atom. The van der Waals surface area contributed by atoms with Gasteiger partial charge in [-0.05, 0) is 37.1 Å². The van der Waals surface area contributed by atoms with E-state index in [4.69, 9.17) is 18.9 Å². The number of nitrogens with zero attached hydrogens (tertiary/aromatic N) is 1. The number of guanidine groups is 1. The minimum atomic E-state index is 0. The molecule has 1 heterocycles. The highest BCUT2D eigenvalue weighted by Crippen LogP contribution is 2.34. The van der Waals surface area contributed by atoms with Crippen LogP contribution in [-0.4, -0.2) is 46.6 Å². The van der Waals surface area contributed by atoms with Crippen LogP contribution in [0.25, 0.3) is 0 Å². The molecule has 29 heavy (non-hydrogen) atoms. The van der Waals surface area contributed by atoms with Gasteiger partial charge in [0, 0.05) is 19.7 Å². The molecule has 0 saturated heterocycles. The van der Waals surface area contributed by atoms with Crippen LogP contribution in [0.2, 0.25) is 0 Å². The van der Waals surface area contributed by atoms with Gasteiger partial charge in [0.15, 0.2) is 17.5 Å². The predicted octanol–water partition coefficient (Wildman–Crippen LogP) is 3.14. The molecule has 158 valence electrons. The Bertz CT molecular complexity index is 830. The van der Waals surface area contributed by atoms with Gasteiger partial charge < -0.3 is 29.6 Å². The smallest absolute Gasteiger partial charge is 0.231 e. The number of rotatable bonds is 8. The molecule has 0 spiro atoms. The Morgan fingerprint density at radius 3 is 2.66 bits per heavy atom. The largest absolute Gasteiger partial charge is 0.496 e. The van der Waals surface area contributed by atoms with E-state index in [-0.39, 0.29) is 30.8 Å². The molecule has 8 heteroatoms. The zero-order valence-electron chi connectivity index (χ0n) is 17.0. The lowest BCUT2D eigenvalue weighted by Gasteiger charge is -2.14. The van der Waals surface area contributed by atoms with Crippen molar-refractivity contribution in [1.82, 2.24) is 10.6 Å². The van der Waals surface area contributed by atoms with E-state index in [9.17, 15) is 0 Å². The van der Waals surface area contributed by atoms with Crippen molar-refractivity contribution < 1.29 is 18.9 Å². The van der Waals surface area contributed by atoms with Crippen LogP contribution in [0, 0.1) is 6.92 Å². The van der Waals surface area contributed by atoms with Gasteiger partial charge in [-0.15, -0.1) is 24.0 Å². The third-order valence-corrected chi connectivity index (χ3v) is 4.35. The molecule has 2 aromatic rings. The number of ether oxygens (including phenoxy) is 4. The zero-order valence-corrected chi connectivity index (χ0v) is 19.3. The number of hydrogen-bond acceptors (Lipinski definition) is 5. The molecule has 0 saturated carbocycles. The molecule has 0 radical (unpaired) electrons. The van der Waals surface area contributed by atoms with Crippen LogP contribution in [0.5, 0.6) is 23.0 Å². The van der Waals surface area contributed by atoms with Gasteiger partial charge in [-0.1, -0.05) is 17.7 Å². The minimum Gasteiger partial charge on any atom is -0.496 e. The van der Waals surface area contributed by atoms with Crippen LogP contribution in [0.3, 0.4) is 0 Å². The molecule has 0 aromatic heterocycles. The van der Waals surface area contributed by atoms with E-state index in [1.54, 1.807) is 14.2 Å². The molecule has 3 rings (SSSR count). The van der Waals surface area contributed by atoms with Crippen molar-refractivity contribution in [2.75, 3.05) is 40.6 Å². The van der Waals surface area contributed by atoms with Crippen molar-refractivity contribution in [1.29, 1.82) is 0 Å². The van der Waals surface area contributed by atoms with Crippen molar-refractivity contribution in [2.45, 2.75) is 13.3 Å². The molecule has 2 N–H and O–H groups in total. The van der Waals surface area contributed by atoms with Gasteiger partial charge in [-0.2, -0.15) is 0 Å². The van der Waals surface area contributed by atoms with Crippen LogP contribution >= 0.6 is 24.0 Å². The monoisotopic (exact) mass is 513 g/mol. The number of hydrogen-bond donors (Lipinski definition) is 2. The summed E-state index contributed by atoms with van der Waals surface area (Å²) in [5.41, 5.74) is 2.40. The van der Waals surface area contributed by atoms with Gasteiger partial charge >= 0.3 is 0 Å². The molecule has 7 nitrogen and oxygen atoms in total. The Labute approximate surface area is 188 Å². The van der Waals surface area contributed by atoms with Crippen LogP contribution in [-0.2, 0) is 6.42 Å². The van der Waals surface area contributed by atoms with Gasteiger partial charge in [0.1, 0.15) is 18.1 Å². The van der Waals surface area contributed by atoms with Gasteiger partial charge in [-0.25, -0.2) is 0 Å². The fourth-order valence-electron chi connectivity index (χ4n) is 2.94. The number of aryl methyl sites for hydroxylation is 1. The lowest BCUT2D eigenvalue weighted by molar-refractivity contribution is 0.173. The highest BCUT2D eigenvalue weighted by molar-refractivity contribution is 14.0. The van der Waals surface area contributed by atoms with E-state index in [2.05, 4.69) is 34.7 Å². The molecule has 1 aliphatic rings. The molecule has 2 aromatic carbocycles. The molecule has 0 bridgehead atoms. The summed E-state index contributed by atoms with van der Waals surface area (Å²) < 4.78 is 21.8. The zero-order chi connectivity index (χ0) is 19.8. The lowest BCUT2D eigenvalue weighted by atomic mass is 10.1. The number of aliphatic imine (C=N–C) groups is 1. The molecule has 0 aliphatic carbocycles. The summed E-state index contributed by atoms with van der Waals surface area (Å²) in [6.45, 7) is 4.23. The summed E-state index contributed by atoms with van der Waals surface area (Å²) in [4.78, 5) is 4.24. The van der Waals surface area contributed by atoms with Crippen LogP contribution in [0.15, 0.2) is 41.4 Å². The summed E-state index contributed by atoms with van der Waals surface area (Å²) in [6.07, 6.45) is 0.846. The molecular formula is C21H28IN3O4. The average molecular weight is 513 g/mol. The van der Waals surface area contributed by atoms with Crippen LogP contribution in [0.4, 0.5) is 0 Å². The first-order chi connectivity index (χ1) is 13.7. The van der Waals surface area contributed by atoms with E-state index >= 15 is 0 Å². The van der Waals surface area contributed by atoms with Gasteiger partial charge in [-0.3, -0.25) is 4.99 Å². The highest BCUT2D eigenvalue weighted by atomic mass is 127. The third kappa shape index (κ3) is 6.59. The van der Waals surface area contributed by atoms with E-state index in [1.807, 2.05) is 24.3 Å². The van der Waals surface area contributed by atoms with Gasteiger partial charge in [0.05, 0.1) is 13.7 Å². The number of benzene rings is 2. The first kappa shape index (κ1) is 22.9. The van der Waals surface area contributed by atoms with E-state index < -0.39 is 0 Å². The van der Waals surface area contributed by atoms with Crippen molar-refractivity contribution in [3.8, 4) is 23.0 Å². The fourth-order valence-corrected chi connectivity index (χ4v) is 2.94. The van der Waals surface area contributed by atoms with Crippen molar-refractivity contribution in [2.24, 2.45) is 4.99 Å². The predicted molar refractivity (Wildman–Crippen MR) is 124 cm³/mol. The Hall–Kier alpha value is -2.36. The lowest BCUT2D eigenvalue weighted by Crippen LogP contribution is -2.40. The first-order valence-corrected chi connectivity index (χ1v) is 9.30. The highest BCUT2D eigenvalue weighted by Gasteiger charge is 2.13. The van der Waals surface area contributed by atoms with E-state index in [1.165, 1.54) is 11.1 Å². The molecule has 1 aliphatic heterocycles. The summed E-state index contributed by atoms with van der Waals surface area (Å²) >= 11 is 0. The van der Waals surface area contributed by atoms with Crippen molar-refractivity contribution >= 4 is 29.9 Å². The van der Waals surface area contributed by atoms with E-state index in [0.29, 0.717) is 13.2 Å². The molecule has 0 amide bonds. The number of nitrogens with one attached hydrogen (secondary N) is 2. The number of methoxy groups -OCH3 is 1. The van der Waals surface area contributed by atoms with Crippen molar-refractivity contribution in [3.05, 3.63) is 47.5 Å². The maximum absolute atomic E-state index is 5.75. The second-order valence-electron chi connectivity index (χ2n) is 6.35. The Kier molecular flexibility index (Phi) is 9.17. The summed E-state index contributed by atoms with van der Waals surface area (Å²) in [5.74, 6) is 3.86. The Balaban J connectivity index is 0.00000300. The molecule has 0 atom stereocenters. The molecule has 0 fully saturated rings. The quantitative estimate of drug-likeness (QED) is 0.245.